The normalized spacial score (nSPS) is 17.7. The molecule has 0 amide bonds. The van der Waals surface area contributed by atoms with Crippen molar-refractivity contribution in [2.45, 2.75) is 38.0 Å². The van der Waals surface area contributed by atoms with E-state index in [1.54, 1.807) is 0 Å². The molecule has 0 saturated carbocycles. The summed E-state index contributed by atoms with van der Waals surface area (Å²) >= 11 is 0. The molecule has 3 unspecified atom stereocenters. The minimum absolute atomic E-state index is 0.147. The van der Waals surface area contributed by atoms with Gasteiger partial charge in [0.2, 0.25) is 5.44 Å². The van der Waals surface area contributed by atoms with E-state index < -0.39 is 34.4 Å². The number of hydrogen-bond acceptors (Lipinski definition) is 7. The summed E-state index contributed by atoms with van der Waals surface area (Å²) in [4.78, 5) is 1.05. The van der Waals surface area contributed by atoms with Gasteiger partial charge in [-0.05, 0) is 12.3 Å². The smallest absolute Gasteiger partial charge is 0.296 e. The van der Waals surface area contributed by atoms with Gasteiger partial charge in [-0.1, -0.05) is 13.8 Å². The third-order valence-corrected chi connectivity index (χ3v) is 3.54. The topological polar surface area (TPSA) is 139 Å². The van der Waals surface area contributed by atoms with Crippen molar-refractivity contribution in [3.63, 3.8) is 0 Å². The van der Waals surface area contributed by atoms with Gasteiger partial charge in [-0.3, -0.25) is 9.45 Å². The molecule has 8 nitrogen and oxygen atoms in total. The Bertz CT molecular complexity index is 346. The Morgan fingerprint density at radius 3 is 2.00 bits per heavy atom. The van der Waals surface area contributed by atoms with Gasteiger partial charge in [-0.25, -0.2) is 0 Å². The van der Waals surface area contributed by atoms with E-state index in [0.717, 1.165) is 4.90 Å². The van der Waals surface area contributed by atoms with Crippen LogP contribution in [0, 0.1) is 5.92 Å². The van der Waals surface area contributed by atoms with E-state index in [-0.39, 0.29) is 19.1 Å². The quantitative estimate of drug-likeness (QED) is 0.249. The summed E-state index contributed by atoms with van der Waals surface area (Å²) in [6.45, 7) is 2.81. The monoisotopic (exact) mass is 301 g/mol. The lowest BCUT2D eigenvalue weighted by Gasteiger charge is -2.36. The molecule has 5 N–H and O–H groups in total. The van der Waals surface area contributed by atoms with Crippen LogP contribution in [0.25, 0.3) is 0 Å². The number of hydrogen-bond donors (Lipinski definition) is 5. The second-order valence-electron chi connectivity index (χ2n) is 4.75. The maximum absolute atomic E-state index is 10.8. The van der Waals surface area contributed by atoms with Crippen molar-refractivity contribution < 1.29 is 33.4 Å². The summed E-state index contributed by atoms with van der Waals surface area (Å²) in [7, 11) is -4.83. The summed E-state index contributed by atoms with van der Waals surface area (Å²) in [5, 5.41) is 37.3. The number of nitrogens with zero attached hydrogens (tertiary/aromatic N) is 1. The van der Waals surface area contributed by atoms with Gasteiger partial charge in [0.1, 0.15) is 0 Å². The minimum Gasteiger partial charge on any atom is -0.395 e. The lowest BCUT2D eigenvalue weighted by molar-refractivity contribution is -0.0914. The van der Waals surface area contributed by atoms with E-state index in [1.807, 2.05) is 13.8 Å². The molecule has 0 heterocycles. The summed E-state index contributed by atoms with van der Waals surface area (Å²) < 4.78 is 30.3. The molecular formula is C10H23NO7S. The van der Waals surface area contributed by atoms with Gasteiger partial charge in [0.15, 0.2) is 6.23 Å². The average molecular weight is 301 g/mol. The summed E-state index contributed by atoms with van der Waals surface area (Å²) in [6, 6.07) is -0.640. The third kappa shape index (κ3) is 6.13. The van der Waals surface area contributed by atoms with Gasteiger partial charge in [-0.15, -0.1) is 0 Å². The molecule has 19 heavy (non-hydrogen) atoms. The second kappa shape index (κ2) is 8.10. The molecule has 116 valence electrons. The highest BCUT2D eigenvalue weighted by molar-refractivity contribution is 7.86. The minimum atomic E-state index is -4.83. The molecule has 3 atom stereocenters. The zero-order valence-corrected chi connectivity index (χ0v) is 11.9. The van der Waals surface area contributed by atoms with Crippen LogP contribution in [0.4, 0.5) is 0 Å². The fourth-order valence-electron chi connectivity index (χ4n) is 1.82. The van der Waals surface area contributed by atoms with Crippen LogP contribution in [0.1, 0.15) is 20.3 Å². The molecule has 0 aliphatic rings. The van der Waals surface area contributed by atoms with Crippen LogP contribution >= 0.6 is 0 Å². The molecular weight excluding hydrogens is 278 g/mol. The van der Waals surface area contributed by atoms with Gasteiger partial charge in [0, 0.05) is 12.6 Å². The fourth-order valence-corrected chi connectivity index (χ4v) is 2.29. The second-order valence-corrected chi connectivity index (χ2v) is 6.26. The van der Waals surface area contributed by atoms with Crippen LogP contribution in [0.2, 0.25) is 0 Å². The Morgan fingerprint density at radius 1 is 1.16 bits per heavy atom. The van der Waals surface area contributed by atoms with E-state index in [4.69, 9.17) is 9.66 Å². The van der Waals surface area contributed by atoms with Gasteiger partial charge in [0.25, 0.3) is 10.1 Å². The summed E-state index contributed by atoms with van der Waals surface area (Å²) in [5.74, 6) is 0.147. The van der Waals surface area contributed by atoms with Crippen molar-refractivity contribution in [2.24, 2.45) is 5.92 Å². The first-order chi connectivity index (χ1) is 8.65. The lowest BCUT2D eigenvalue weighted by atomic mass is 10.0. The van der Waals surface area contributed by atoms with Crippen LogP contribution in [0.15, 0.2) is 0 Å². The fraction of sp³-hybridized carbons (Fsp3) is 1.00. The SMILES string of the molecule is CC(C)CC(CO)N(CCO)C(O)C(O)S(=O)(=O)O. The Labute approximate surface area is 113 Å². The van der Waals surface area contributed by atoms with Crippen molar-refractivity contribution in [1.29, 1.82) is 0 Å². The van der Waals surface area contributed by atoms with Crippen LogP contribution < -0.4 is 0 Å². The molecule has 0 spiro atoms. The highest BCUT2D eigenvalue weighted by atomic mass is 32.2. The van der Waals surface area contributed by atoms with Crippen molar-refractivity contribution >= 4 is 10.1 Å². The molecule has 0 bridgehead atoms. The molecule has 9 heteroatoms. The van der Waals surface area contributed by atoms with Crippen molar-refractivity contribution in [3.8, 4) is 0 Å². The first-order valence-electron chi connectivity index (χ1n) is 5.95. The van der Waals surface area contributed by atoms with E-state index >= 15 is 0 Å². The molecule has 0 rings (SSSR count). The Hall–Kier alpha value is -0.290. The van der Waals surface area contributed by atoms with Crippen molar-refractivity contribution in [3.05, 3.63) is 0 Å². The van der Waals surface area contributed by atoms with Crippen LogP contribution in [0.3, 0.4) is 0 Å². The maximum atomic E-state index is 10.8. The highest BCUT2D eigenvalue weighted by Crippen LogP contribution is 2.16. The first-order valence-corrected chi connectivity index (χ1v) is 7.45. The molecule has 0 aliphatic carbocycles. The first kappa shape index (κ1) is 18.7. The number of rotatable bonds is 9. The third-order valence-electron chi connectivity index (χ3n) is 2.68. The summed E-state index contributed by atoms with van der Waals surface area (Å²) in [5.41, 5.74) is -2.42. The standard InChI is InChI=1S/C10H23NO7S/c1-7(2)5-8(6-13)11(3-4-12)9(14)10(15)19(16,17)18/h7-10,12-15H,3-6H2,1-2H3,(H,16,17,18). The van der Waals surface area contributed by atoms with Crippen molar-refractivity contribution in [2.75, 3.05) is 19.8 Å². The highest BCUT2D eigenvalue weighted by Gasteiger charge is 2.36. The van der Waals surface area contributed by atoms with E-state index in [2.05, 4.69) is 0 Å². The molecule has 0 aromatic carbocycles. The Morgan fingerprint density at radius 2 is 1.68 bits per heavy atom. The predicted octanol–water partition coefficient (Wildman–Crippen LogP) is -1.79. The van der Waals surface area contributed by atoms with Crippen LogP contribution in [0.5, 0.6) is 0 Å². The molecule has 0 aromatic heterocycles. The Kier molecular flexibility index (Phi) is 7.98. The molecule has 0 radical (unpaired) electrons. The average Bonchev–Trinajstić information content (AvgIpc) is 2.30. The van der Waals surface area contributed by atoms with Crippen LogP contribution in [-0.4, -0.2) is 75.8 Å². The van der Waals surface area contributed by atoms with Gasteiger partial charge >= 0.3 is 0 Å². The van der Waals surface area contributed by atoms with Crippen molar-refractivity contribution in [1.82, 2.24) is 4.90 Å². The van der Waals surface area contributed by atoms with Crippen LogP contribution in [-0.2, 0) is 10.1 Å². The Balaban J connectivity index is 5.06. The molecule has 0 saturated heterocycles. The van der Waals surface area contributed by atoms with E-state index in [0.29, 0.717) is 6.42 Å². The zero-order chi connectivity index (χ0) is 15.2. The summed E-state index contributed by atoms with van der Waals surface area (Å²) in [6.07, 6.45) is -1.51. The van der Waals surface area contributed by atoms with Gasteiger partial charge < -0.3 is 20.4 Å². The molecule has 0 fully saturated rings. The maximum Gasteiger partial charge on any atom is 0.296 e. The van der Waals surface area contributed by atoms with Gasteiger partial charge in [-0.2, -0.15) is 8.42 Å². The lowest BCUT2D eigenvalue weighted by Crippen LogP contribution is -2.53. The van der Waals surface area contributed by atoms with E-state index in [1.165, 1.54) is 0 Å². The zero-order valence-electron chi connectivity index (χ0n) is 11.0. The largest absolute Gasteiger partial charge is 0.395 e. The molecule has 0 aromatic rings. The molecule has 0 aliphatic heterocycles. The number of aliphatic hydroxyl groups excluding tert-OH is 4. The van der Waals surface area contributed by atoms with Gasteiger partial charge in [0.05, 0.1) is 13.2 Å². The number of aliphatic hydroxyl groups is 4. The predicted molar refractivity (Wildman–Crippen MR) is 67.7 cm³/mol. The van der Waals surface area contributed by atoms with E-state index in [9.17, 15) is 23.7 Å².